The van der Waals surface area contributed by atoms with Crippen molar-refractivity contribution in [2.45, 2.75) is 40.3 Å². The van der Waals surface area contributed by atoms with Gasteiger partial charge in [-0.1, -0.05) is 32.9 Å². The molecule has 2 aromatic rings. The Morgan fingerprint density at radius 2 is 2.00 bits per heavy atom. The number of hydrogen-bond donors (Lipinski definition) is 3. The van der Waals surface area contributed by atoms with Gasteiger partial charge in [0, 0.05) is 19.6 Å². The van der Waals surface area contributed by atoms with Crippen LogP contribution in [0.4, 0.5) is 4.79 Å². The molecule has 0 radical (unpaired) electrons. The lowest BCUT2D eigenvalue weighted by atomic mass is 9.89. The van der Waals surface area contributed by atoms with E-state index >= 15 is 0 Å². The Morgan fingerprint density at radius 1 is 1.30 bits per heavy atom. The second-order valence-electron chi connectivity index (χ2n) is 6.82. The van der Waals surface area contributed by atoms with Crippen LogP contribution in [0.5, 0.6) is 0 Å². The van der Waals surface area contributed by atoms with E-state index < -0.39 is 6.10 Å². The summed E-state index contributed by atoms with van der Waals surface area (Å²) in [6, 6.07) is 7.68. The van der Waals surface area contributed by atoms with Crippen LogP contribution in [0.2, 0.25) is 0 Å². The second-order valence-corrected chi connectivity index (χ2v) is 6.82. The third-order valence-electron chi connectivity index (χ3n) is 3.92. The summed E-state index contributed by atoms with van der Waals surface area (Å²) < 4.78 is 2.08. The van der Waals surface area contributed by atoms with Crippen molar-refractivity contribution in [2.75, 3.05) is 13.1 Å². The molecular weight excluding hydrogens is 292 g/mol. The molecule has 0 fully saturated rings. The van der Waals surface area contributed by atoms with Gasteiger partial charge in [-0.15, -0.1) is 0 Å². The lowest BCUT2D eigenvalue weighted by Crippen LogP contribution is -2.44. The minimum Gasteiger partial charge on any atom is -0.391 e. The highest BCUT2D eigenvalue weighted by molar-refractivity contribution is 5.76. The van der Waals surface area contributed by atoms with Crippen molar-refractivity contribution < 1.29 is 9.90 Å². The predicted molar refractivity (Wildman–Crippen MR) is 91.3 cm³/mol. The number of benzene rings is 1. The summed E-state index contributed by atoms with van der Waals surface area (Å²) in [5, 5.41) is 15.4. The molecule has 0 aliphatic carbocycles. The first-order chi connectivity index (χ1) is 10.8. The van der Waals surface area contributed by atoms with Gasteiger partial charge < -0.3 is 20.3 Å². The van der Waals surface area contributed by atoms with Crippen LogP contribution in [-0.2, 0) is 6.54 Å². The van der Waals surface area contributed by atoms with E-state index in [1.807, 2.05) is 52.0 Å². The van der Waals surface area contributed by atoms with Crippen LogP contribution in [0.25, 0.3) is 11.0 Å². The molecule has 2 rings (SSSR count). The molecule has 0 spiro atoms. The number of carbonyl (C=O) groups is 1. The number of hydrogen-bond acceptors (Lipinski definition) is 3. The average molecular weight is 318 g/mol. The first kappa shape index (κ1) is 17.3. The fourth-order valence-corrected chi connectivity index (χ4v) is 2.32. The van der Waals surface area contributed by atoms with Crippen molar-refractivity contribution in [1.82, 2.24) is 20.2 Å². The fraction of sp³-hybridized carbons (Fsp3) is 0.529. The van der Waals surface area contributed by atoms with Crippen molar-refractivity contribution in [3.63, 3.8) is 0 Å². The van der Waals surface area contributed by atoms with E-state index in [0.717, 1.165) is 16.9 Å². The van der Waals surface area contributed by atoms with Crippen molar-refractivity contribution in [2.24, 2.45) is 5.41 Å². The maximum atomic E-state index is 11.8. The van der Waals surface area contributed by atoms with E-state index in [0.29, 0.717) is 13.1 Å². The maximum absolute atomic E-state index is 11.8. The Kier molecular flexibility index (Phi) is 5.26. The zero-order valence-corrected chi connectivity index (χ0v) is 14.3. The van der Waals surface area contributed by atoms with E-state index in [4.69, 9.17) is 0 Å². The standard InChI is InChI=1S/C17H26N4O2/c1-12-20-13-7-5-6-8-14(13)21(12)10-9-18-16(23)19-11-15(22)17(2,3)4/h5-8,15,22H,9-11H2,1-4H3,(H2,18,19,23). The number of rotatable bonds is 5. The number of fused-ring (bicyclic) bond motifs is 1. The number of aromatic nitrogens is 2. The molecule has 0 aliphatic heterocycles. The lowest BCUT2D eigenvalue weighted by Gasteiger charge is -2.25. The highest BCUT2D eigenvalue weighted by Gasteiger charge is 2.22. The van der Waals surface area contributed by atoms with Gasteiger partial charge in [-0.25, -0.2) is 9.78 Å². The topological polar surface area (TPSA) is 79.2 Å². The predicted octanol–water partition coefficient (Wildman–Crippen LogP) is 2.05. The van der Waals surface area contributed by atoms with Crippen molar-refractivity contribution in [1.29, 1.82) is 0 Å². The molecule has 0 aliphatic rings. The largest absolute Gasteiger partial charge is 0.391 e. The zero-order chi connectivity index (χ0) is 17.0. The Labute approximate surface area is 136 Å². The summed E-state index contributed by atoms with van der Waals surface area (Å²) in [6.45, 7) is 9.15. The van der Waals surface area contributed by atoms with Crippen LogP contribution in [0.15, 0.2) is 24.3 Å². The Morgan fingerprint density at radius 3 is 2.70 bits per heavy atom. The van der Waals surface area contributed by atoms with Crippen molar-refractivity contribution >= 4 is 17.1 Å². The molecule has 126 valence electrons. The monoisotopic (exact) mass is 318 g/mol. The molecule has 3 N–H and O–H groups in total. The van der Waals surface area contributed by atoms with Crippen molar-refractivity contribution in [3.05, 3.63) is 30.1 Å². The molecule has 1 heterocycles. The molecule has 6 nitrogen and oxygen atoms in total. The number of para-hydroxylation sites is 2. The van der Waals surface area contributed by atoms with E-state index in [1.165, 1.54) is 0 Å². The first-order valence-corrected chi connectivity index (χ1v) is 7.90. The number of nitrogens with zero attached hydrogens (tertiary/aromatic N) is 2. The van der Waals surface area contributed by atoms with E-state index in [9.17, 15) is 9.90 Å². The van der Waals surface area contributed by atoms with Crippen LogP contribution >= 0.6 is 0 Å². The van der Waals surface area contributed by atoms with Gasteiger partial charge in [-0.3, -0.25) is 0 Å². The highest BCUT2D eigenvalue weighted by Crippen LogP contribution is 2.18. The zero-order valence-electron chi connectivity index (χ0n) is 14.3. The average Bonchev–Trinajstić information content (AvgIpc) is 2.80. The SMILES string of the molecule is Cc1nc2ccccc2n1CCNC(=O)NCC(O)C(C)(C)C. The van der Waals surface area contributed by atoms with Crippen LogP contribution in [-0.4, -0.2) is 39.9 Å². The summed E-state index contributed by atoms with van der Waals surface area (Å²) in [6.07, 6.45) is -0.576. The van der Waals surface area contributed by atoms with Gasteiger partial charge in [-0.05, 0) is 24.5 Å². The van der Waals surface area contributed by atoms with Crippen LogP contribution in [0, 0.1) is 12.3 Å². The molecule has 0 bridgehead atoms. The molecule has 1 unspecified atom stereocenters. The summed E-state index contributed by atoms with van der Waals surface area (Å²) in [5.41, 5.74) is 1.78. The van der Waals surface area contributed by atoms with E-state index in [1.54, 1.807) is 0 Å². The lowest BCUT2D eigenvalue weighted by molar-refractivity contribution is 0.0650. The van der Waals surface area contributed by atoms with Gasteiger partial charge in [0.2, 0.25) is 0 Å². The third kappa shape index (κ3) is 4.45. The Hall–Kier alpha value is -2.08. The summed E-state index contributed by atoms with van der Waals surface area (Å²) >= 11 is 0. The summed E-state index contributed by atoms with van der Waals surface area (Å²) in [7, 11) is 0. The maximum Gasteiger partial charge on any atom is 0.314 e. The minimum atomic E-state index is -0.576. The van der Waals surface area contributed by atoms with Gasteiger partial charge in [0.25, 0.3) is 0 Å². The van der Waals surface area contributed by atoms with Crippen LogP contribution in [0.1, 0.15) is 26.6 Å². The van der Waals surface area contributed by atoms with Crippen LogP contribution < -0.4 is 10.6 Å². The van der Waals surface area contributed by atoms with E-state index in [2.05, 4.69) is 20.2 Å². The first-order valence-electron chi connectivity index (χ1n) is 7.90. The van der Waals surface area contributed by atoms with E-state index in [-0.39, 0.29) is 18.0 Å². The van der Waals surface area contributed by atoms with Crippen molar-refractivity contribution in [3.8, 4) is 0 Å². The second kappa shape index (κ2) is 7.00. The van der Waals surface area contributed by atoms with Gasteiger partial charge >= 0.3 is 6.03 Å². The number of aryl methyl sites for hydroxylation is 1. The summed E-state index contributed by atoms with van der Waals surface area (Å²) in [5.74, 6) is 0.927. The minimum absolute atomic E-state index is 0.238. The third-order valence-corrected chi connectivity index (χ3v) is 3.92. The molecular formula is C17H26N4O2. The summed E-state index contributed by atoms with van der Waals surface area (Å²) in [4.78, 5) is 16.3. The van der Waals surface area contributed by atoms with Crippen LogP contribution in [0.3, 0.4) is 0 Å². The fourth-order valence-electron chi connectivity index (χ4n) is 2.32. The molecule has 6 heteroatoms. The molecule has 1 aromatic carbocycles. The Balaban J connectivity index is 1.82. The highest BCUT2D eigenvalue weighted by atomic mass is 16.3. The van der Waals surface area contributed by atoms with Gasteiger partial charge in [-0.2, -0.15) is 0 Å². The number of aliphatic hydroxyl groups excluding tert-OH is 1. The van der Waals surface area contributed by atoms with Gasteiger partial charge in [0.1, 0.15) is 5.82 Å². The molecule has 23 heavy (non-hydrogen) atoms. The number of aliphatic hydroxyl groups is 1. The smallest absolute Gasteiger partial charge is 0.314 e. The Bertz CT molecular complexity index is 673. The normalized spacial score (nSPS) is 13.1. The molecule has 1 atom stereocenters. The molecule has 2 amide bonds. The molecule has 1 aromatic heterocycles. The molecule has 0 saturated carbocycles. The van der Waals surface area contributed by atoms with Gasteiger partial charge in [0.15, 0.2) is 0 Å². The van der Waals surface area contributed by atoms with Gasteiger partial charge in [0.05, 0.1) is 17.1 Å². The molecule has 0 saturated heterocycles. The number of nitrogens with one attached hydrogen (secondary N) is 2. The number of urea groups is 1. The number of carbonyl (C=O) groups excluding carboxylic acids is 1. The number of imidazole rings is 1. The quantitative estimate of drug-likeness (QED) is 0.789. The number of amides is 2.